The van der Waals surface area contributed by atoms with Gasteiger partial charge in [0, 0.05) is 25.3 Å². The first-order valence-electron chi connectivity index (χ1n) is 5.89. The van der Waals surface area contributed by atoms with Gasteiger partial charge < -0.3 is 10.4 Å². The number of hydrogen-bond donors (Lipinski definition) is 2. The van der Waals surface area contributed by atoms with Crippen molar-refractivity contribution in [3.05, 3.63) is 46.0 Å². The Labute approximate surface area is 106 Å². The molecule has 0 saturated carbocycles. The largest absolute Gasteiger partial charge is 0.396 e. The Balaban J connectivity index is 2.54. The van der Waals surface area contributed by atoms with Crippen LogP contribution in [0.3, 0.4) is 0 Å². The molecule has 0 heterocycles. The van der Waals surface area contributed by atoms with Gasteiger partial charge in [0.2, 0.25) is 0 Å². The summed E-state index contributed by atoms with van der Waals surface area (Å²) in [5.74, 6) is 0. The molecular weight excluding hydrogens is 232 g/mol. The summed E-state index contributed by atoms with van der Waals surface area (Å²) in [5.41, 5.74) is 0.705. The molecule has 1 rings (SSSR count). The molecule has 0 saturated heterocycles. The van der Waals surface area contributed by atoms with Crippen LogP contribution in [0.4, 0.5) is 5.69 Å². The van der Waals surface area contributed by atoms with E-state index in [2.05, 4.69) is 5.32 Å². The molecule has 0 fully saturated rings. The Morgan fingerprint density at radius 2 is 2.22 bits per heavy atom. The van der Waals surface area contributed by atoms with E-state index in [9.17, 15) is 10.1 Å². The van der Waals surface area contributed by atoms with Gasteiger partial charge in [-0.15, -0.1) is 0 Å². The zero-order valence-corrected chi connectivity index (χ0v) is 10.4. The molecule has 5 heteroatoms. The second kappa shape index (κ2) is 7.58. The molecule has 0 radical (unpaired) electrons. The maximum Gasteiger partial charge on any atom is 0.276 e. The van der Waals surface area contributed by atoms with Crippen LogP contribution in [0.1, 0.15) is 18.9 Å². The zero-order valence-electron chi connectivity index (χ0n) is 10.4. The first-order valence-corrected chi connectivity index (χ1v) is 5.89. The van der Waals surface area contributed by atoms with Gasteiger partial charge in [-0.05, 0) is 19.4 Å². The van der Waals surface area contributed by atoms with Crippen molar-refractivity contribution in [3.8, 4) is 0 Å². The first-order chi connectivity index (χ1) is 8.65. The number of nitro groups is 1. The maximum absolute atomic E-state index is 10.8. The van der Waals surface area contributed by atoms with Crippen LogP contribution in [0.5, 0.6) is 0 Å². The highest BCUT2D eigenvalue weighted by atomic mass is 16.6. The van der Waals surface area contributed by atoms with Crippen LogP contribution >= 0.6 is 0 Å². The quantitative estimate of drug-likeness (QED) is 0.573. The van der Waals surface area contributed by atoms with Crippen molar-refractivity contribution in [1.82, 2.24) is 5.32 Å². The van der Waals surface area contributed by atoms with Gasteiger partial charge in [0.25, 0.3) is 5.69 Å². The third-order valence-corrected chi connectivity index (χ3v) is 2.58. The zero-order chi connectivity index (χ0) is 13.4. The minimum Gasteiger partial charge on any atom is -0.396 e. The number of benzene rings is 1. The van der Waals surface area contributed by atoms with Crippen LogP contribution in [0.2, 0.25) is 0 Å². The third kappa shape index (κ3) is 4.65. The molecule has 0 spiro atoms. The summed E-state index contributed by atoms with van der Waals surface area (Å²) in [6.45, 7) is 2.75. The lowest BCUT2D eigenvalue weighted by Gasteiger charge is -2.09. The molecule has 0 aliphatic rings. The Morgan fingerprint density at radius 3 is 2.89 bits per heavy atom. The van der Waals surface area contributed by atoms with Crippen molar-refractivity contribution in [2.45, 2.75) is 19.4 Å². The fourth-order valence-electron chi connectivity index (χ4n) is 1.55. The van der Waals surface area contributed by atoms with Crippen molar-refractivity contribution in [1.29, 1.82) is 0 Å². The smallest absolute Gasteiger partial charge is 0.276 e. The number of nitro benzene ring substituents is 1. The molecule has 2 N–H and O–H groups in total. The average molecular weight is 250 g/mol. The topological polar surface area (TPSA) is 75.4 Å². The lowest BCUT2D eigenvalue weighted by atomic mass is 10.1. The molecular formula is C13H18N2O3. The second-order valence-electron chi connectivity index (χ2n) is 4.04. The van der Waals surface area contributed by atoms with Gasteiger partial charge in [0.05, 0.1) is 10.5 Å². The number of para-hydroxylation sites is 1. The molecule has 1 aromatic carbocycles. The summed E-state index contributed by atoms with van der Waals surface area (Å²) in [6.07, 6.45) is 4.27. The van der Waals surface area contributed by atoms with Crippen LogP contribution in [-0.4, -0.2) is 29.2 Å². The van der Waals surface area contributed by atoms with E-state index in [1.54, 1.807) is 24.3 Å². The van der Waals surface area contributed by atoms with Crippen LogP contribution < -0.4 is 5.32 Å². The molecule has 5 nitrogen and oxygen atoms in total. The highest BCUT2D eigenvalue weighted by Crippen LogP contribution is 2.18. The van der Waals surface area contributed by atoms with Gasteiger partial charge in [0.1, 0.15) is 0 Å². The maximum atomic E-state index is 10.8. The van der Waals surface area contributed by atoms with Crippen molar-refractivity contribution in [2.24, 2.45) is 0 Å². The molecule has 0 aliphatic heterocycles. The SMILES string of the molecule is CC(CCO)NC/C=C/c1ccccc1[N+](=O)[O-]. The normalized spacial score (nSPS) is 12.8. The van der Waals surface area contributed by atoms with Gasteiger partial charge in [0.15, 0.2) is 0 Å². The molecule has 0 aliphatic carbocycles. The highest BCUT2D eigenvalue weighted by molar-refractivity contribution is 5.60. The van der Waals surface area contributed by atoms with Crippen molar-refractivity contribution in [3.63, 3.8) is 0 Å². The van der Waals surface area contributed by atoms with E-state index >= 15 is 0 Å². The molecule has 1 atom stereocenters. The average Bonchev–Trinajstić information content (AvgIpc) is 2.35. The molecule has 1 unspecified atom stereocenters. The number of nitrogens with zero attached hydrogens (tertiary/aromatic N) is 1. The summed E-state index contributed by atoms with van der Waals surface area (Å²) in [4.78, 5) is 10.4. The Kier molecular flexibility index (Phi) is 6.04. The van der Waals surface area contributed by atoms with Crippen LogP contribution in [0, 0.1) is 10.1 Å². The molecule has 0 aromatic heterocycles. The summed E-state index contributed by atoms with van der Waals surface area (Å²) < 4.78 is 0. The van der Waals surface area contributed by atoms with Crippen LogP contribution in [0.25, 0.3) is 6.08 Å². The molecule has 1 aromatic rings. The summed E-state index contributed by atoms with van der Waals surface area (Å²) in [5, 5.41) is 22.7. The molecule has 0 amide bonds. The van der Waals surface area contributed by atoms with E-state index in [0.29, 0.717) is 18.5 Å². The van der Waals surface area contributed by atoms with E-state index in [4.69, 9.17) is 5.11 Å². The third-order valence-electron chi connectivity index (χ3n) is 2.58. The van der Waals surface area contributed by atoms with Crippen molar-refractivity contribution >= 4 is 11.8 Å². The van der Waals surface area contributed by atoms with Gasteiger partial charge in [-0.3, -0.25) is 10.1 Å². The van der Waals surface area contributed by atoms with Crippen LogP contribution in [0.15, 0.2) is 30.3 Å². The van der Waals surface area contributed by atoms with Crippen molar-refractivity contribution < 1.29 is 10.0 Å². The van der Waals surface area contributed by atoms with E-state index in [0.717, 1.165) is 0 Å². The van der Waals surface area contributed by atoms with Gasteiger partial charge in [-0.25, -0.2) is 0 Å². The summed E-state index contributed by atoms with van der Waals surface area (Å²) in [7, 11) is 0. The number of rotatable bonds is 7. The lowest BCUT2D eigenvalue weighted by molar-refractivity contribution is -0.385. The monoisotopic (exact) mass is 250 g/mol. The molecule has 98 valence electrons. The fourth-order valence-corrected chi connectivity index (χ4v) is 1.55. The number of hydrogen-bond acceptors (Lipinski definition) is 4. The minimum absolute atomic E-state index is 0.108. The number of aliphatic hydroxyl groups excluding tert-OH is 1. The first kappa shape index (κ1) is 14.3. The Hall–Kier alpha value is -1.72. The lowest BCUT2D eigenvalue weighted by Crippen LogP contribution is -2.26. The molecule has 0 bridgehead atoms. The van der Waals surface area contributed by atoms with E-state index in [-0.39, 0.29) is 23.3 Å². The predicted molar refractivity (Wildman–Crippen MR) is 71.3 cm³/mol. The van der Waals surface area contributed by atoms with Crippen molar-refractivity contribution in [2.75, 3.05) is 13.2 Å². The van der Waals surface area contributed by atoms with E-state index < -0.39 is 0 Å². The van der Waals surface area contributed by atoms with Gasteiger partial charge >= 0.3 is 0 Å². The number of nitrogens with one attached hydrogen (secondary N) is 1. The van der Waals surface area contributed by atoms with E-state index in [1.165, 1.54) is 6.07 Å². The van der Waals surface area contributed by atoms with E-state index in [1.807, 2.05) is 13.0 Å². The highest BCUT2D eigenvalue weighted by Gasteiger charge is 2.08. The van der Waals surface area contributed by atoms with Crippen LogP contribution in [-0.2, 0) is 0 Å². The second-order valence-corrected chi connectivity index (χ2v) is 4.04. The summed E-state index contributed by atoms with van der Waals surface area (Å²) >= 11 is 0. The molecule has 18 heavy (non-hydrogen) atoms. The minimum atomic E-state index is -0.387. The van der Waals surface area contributed by atoms with Gasteiger partial charge in [-0.2, -0.15) is 0 Å². The fraction of sp³-hybridized carbons (Fsp3) is 0.385. The number of aliphatic hydroxyl groups is 1. The Bertz CT molecular complexity index is 418. The van der Waals surface area contributed by atoms with Gasteiger partial charge in [-0.1, -0.05) is 24.3 Å². The standard InChI is InChI=1S/C13H18N2O3/c1-11(8-10-16)14-9-4-6-12-5-2-3-7-13(12)15(17)18/h2-7,11,14,16H,8-10H2,1H3/b6-4+. The Morgan fingerprint density at radius 1 is 1.50 bits per heavy atom. The predicted octanol–water partition coefficient (Wildman–Crippen LogP) is 1.97. The summed E-state index contributed by atoms with van der Waals surface area (Å²) in [6, 6.07) is 6.85.